The van der Waals surface area contributed by atoms with E-state index in [4.69, 9.17) is 4.74 Å². The number of carbonyl (C=O) groups excluding carboxylic acids is 2. The summed E-state index contributed by atoms with van der Waals surface area (Å²) in [7, 11) is 0. The second-order valence-corrected chi connectivity index (χ2v) is 6.00. The van der Waals surface area contributed by atoms with Crippen LogP contribution in [0.15, 0.2) is 79.1 Å². The highest BCUT2D eigenvalue weighted by Gasteiger charge is 2.26. The maximum absolute atomic E-state index is 12.8. The predicted octanol–water partition coefficient (Wildman–Crippen LogP) is 3.17. The molecule has 6 nitrogen and oxygen atoms in total. The highest BCUT2D eigenvalue weighted by atomic mass is 16.5. The van der Waals surface area contributed by atoms with Crippen LogP contribution in [0.2, 0.25) is 0 Å². The van der Waals surface area contributed by atoms with Crippen molar-refractivity contribution >= 4 is 17.6 Å². The molecule has 1 atom stereocenters. The average molecular weight is 362 g/mol. The molecule has 0 aliphatic carbocycles. The Labute approximate surface area is 156 Å². The molecule has 2 aromatic carbocycles. The summed E-state index contributed by atoms with van der Waals surface area (Å²) in [6.07, 6.45) is 1.26. The summed E-state index contributed by atoms with van der Waals surface area (Å²) in [5.74, 6) is -1.16. The first-order valence-corrected chi connectivity index (χ1v) is 8.35. The van der Waals surface area contributed by atoms with E-state index in [0.29, 0.717) is 16.0 Å². The van der Waals surface area contributed by atoms with Gasteiger partial charge >= 0.3 is 5.97 Å². The number of nitrogens with one attached hydrogen (secondary N) is 1. The Morgan fingerprint density at radius 1 is 0.963 bits per heavy atom. The number of anilines is 1. The van der Waals surface area contributed by atoms with Gasteiger partial charge in [0.2, 0.25) is 6.10 Å². The number of hydrogen-bond donors (Lipinski definition) is 1. The Balaban J connectivity index is 1.82. The topological polar surface area (TPSA) is 82.3 Å². The zero-order valence-corrected chi connectivity index (χ0v) is 14.7. The van der Waals surface area contributed by atoms with E-state index in [2.05, 4.69) is 5.32 Å². The number of aromatic nitrogens is 1. The monoisotopic (exact) mass is 362 g/mol. The molecule has 136 valence electrons. The molecule has 1 aromatic heterocycles. The molecule has 1 N–H and O–H groups in total. The van der Waals surface area contributed by atoms with Crippen molar-refractivity contribution in [2.75, 3.05) is 5.32 Å². The zero-order valence-electron chi connectivity index (χ0n) is 14.7. The molecule has 0 aliphatic heterocycles. The largest absolute Gasteiger partial charge is 0.619 e. The summed E-state index contributed by atoms with van der Waals surface area (Å²) in [5, 5.41) is 13.9. The van der Waals surface area contributed by atoms with Gasteiger partial charge in [-0.1, -0.05) is 48.0 Å². The highest BCUT2D eigenvalue weighted by molar-refractivity contribution is 5.98. The molecule has 3 rings (SSSR count). The molecule has 0 aliphatic rings. The minimum absolute atomic E-state index is 0.186. The van der Waals surface area contributed by atoms with Crippen molar-refractivity contribution < 1.29 is 19.1 Å². The molecule has 0 bridgehead atoms. The number of nitrogens with zero attached hydrogens (tertiary/aromatic N) is 1. The second-order valence-electron chi connectivity index (χ2n) is 6.00. The van der Waals surface area contributed by atoms with Gasteiger partial charge in [-0.3, -0.25) is 4.79 Å². The van der Waals surface area contributed by atoms with Gasteiger partial charge in [0.1, 0.15) is 0 Å². The normalized spacial score (nSPS) is 11.4. The van der Waals surface area contributed by atoms with E-state index in [1.165, 1.54) is 24.5 Å². The van der Waals surface area contributed by atoms with Crippen LogP contribution in [0.5, 0.6) is 0 Å². The van der Waals surface area contributed by atoms with Gasteiger partial charge in [0.15, 0.2) is 12.4 Å². The first kappa shape index (κ1) is 18.1. The summed E-state index contributed by atoms with van der Waals surface area (Å²) >= 11 is 0. The van der Waals surface area contributed by atoms with Gasteiger partial charge in [0, 0.05) is 23.4 Å². The van der Waals surface area contributed by atoms with Crippen LogP contribution in [0.25, 0.3) is 0 Å². The number of benzene rings is 2. The summed E-state index contributed by atoms with van der Waals surface area (Å²) < 4.78 is 6.02. The molecule has 27 heavy (non-hydrogen) atoms. The number of hydrogen-bond acceptors (Lipinski definition) is 4. The number of amides is 1. The Bertz CT molecular complexity index is 923. The van der Waals surface area contributed by atoms with Crippen molar-refractivity contribution in [1.82, 2.24) is 0 Å². The third kappa shape index (κ3) is 4.70. The summed E-state index contributed by atoms with van der Waals surface area (Å²) in [6, 6.07) is 18.8. The molecule has 0 spiro atoms. The maximum atomic E-state index is 12.8. The van der Waals surface area contributed by atoms with Crippen LogP contribution in [-0.2, 0) is 9.53 Å². The minimum Gasteiger partial charge on any atom is -0.619 e. The van der Waals surface area contributed by atoms with Crippen molar-refractivity contribution in [3.8, 4) is 0 Å². The van der Waals surface area contributed by atoms with E-state index < -0.39 is 18.0 Å². The Morgan fingerprint density at radius 2 is 1.59 bits per heavy atom. The molecule has 0 radical (unpaired) electrons. The number of ether oxygens (including phenoxy) is 1. The van der Waals surface area contributed by atoms with E-state index in [0.717, 1.165) is 5.56 Å². The lowest BCUT2D eigenvalue weighted by atomic mass is 10.1. The van der Waals surface area contributed by atoms with Gasteiger partial charge in [-0.05, 0) is 19.1 Å². The molecule has 3 aromatic rings. The zero-order chi connectivity index (χ0) is 19.2. The van der Waals surface area contributed by atoms with Gasteiger partial charge in [0.25, 0.3) is 5.91 Å². The second kappa shape index (κ2) is 8.14. The van der Waals surface area contributed by atoms with Gasteiger partial charge < -0.3 is 15.3 Å². The Morgan fingerprint density at radius 3 is 2.22 bits per heavy atom. The van der Waals surface area contributed by atoms with E-state index in [-0.39, 0.29) is 5.56 Å². The van der Waals surface area contributed by atoms with Gasteiger partial charge in [-0.2, -0.15) is 4.73 Å². The minimum atomic E-state index is -1.13. The lowest BCUT2D eigenvalue weighted by Crippen LogP contribution is -2.27. The smallest absolute Gasteiger partial charge is 0.339 e. The van der Waals surface area contributed by atoms with Crippen LogP contribution in [0.1, 0.15) is 27.6 Å². The molecular formula is C21H18N2O4. The van der Waals surface area contributed by atoms with Crippen LogP contribution in [0.4, 0.5) is 5.69 Å². The molecular weight excluding hydrogens is 344 g/mol. The Kier molecular flexibility index (Phi) is 5.47. The predicted molar refractivity (Wildman–Crippen MR) is 99.8 cm³/mol. The Hall–Kier alpha value is -3.67. The standard InChI is InChI=1S/C21H18N2O4/c1-15-7-9-18(10-8-15)22-20(24)19(16-5-3-2-4-6-16)27-21(25)17-11-13-23(26)14-12-17/h2-14,19H,1H3,(H,22,24)/t19-/m0/s1. The lowest BCUT2D eigenvalue weighted by molar-refractivity contribution is -0.605. The number of pyridine rings is 1. The van der Waals surface area contributed by atoms with E-state index in [1.54, 1.807) is 36.4 Å². The van der Waals surface area contributed by atoms with Crippen molar-refractivity contribution in [3.63, 3.8) is 0 Å². The van der Waals surface area contributed by atoms with Crippen molar-refractivity contribution in [2.24, 2.45) is 0 Å². The van der Waals surface area contributed by atoms with Crippen molar-refractivity contribution in [3.05, 3.63) is 101 Å². The van der Waals surface area contributed by atoms with Crippen LogP contribution in [0.3, 0.4) is 0 Å². The van der Waals surface area contributed by atoms with Gasteiger partial charge in [-0.15, -0.1) is 0 Å². The molecule has 1 heterocycles. The molecule has 6 heteroatoms. The van der Waals surface area contributed by atoms with Crippen molar-refractivity contribution in [2.45, 2.75) is 13.0 Å². The number of esters is 1. The van der Waals surface area contributed by atoms with E-state index >= 15 is 0 Å². The van der Waals surface area contributed by atoms with E-state index in [1.807, 2.05) is 25.1 Å². The summed E-state index contributed by atoms with van der Waals surface area (Å²) in [4.78, 5) is 25.2. The lowest BCUT2D eigenvalue weighted by Gasteiger charge is -2.18. The summed E-state index contributed by atoms with van der Waals surface area (Å²) in [5.41, 5.74) is 2.41. The maximum Gasteiger partial charge on any atom is 0.339 e. The van der Waals surface area contributed by atoms with Crippen LogP contribution < -0.4 is 10.0 Å². The van der Waals surface area contributed by atoms with Crippen molar-refractivity contribution in [1.29, 1.82) is 0 Å². The van der Waals surface area contributed by atoms with Gasteiger partial charge in [-0.25, -0.2) is 4.79 Å². The van der Waals surface area contributed by atoms with Gasteiger partial charge in [0.05, 0.1) is 5.56 Å². The highest BCUT2D eigenvalue weighted by Crippen LogP contribution is 2.21. The molecule has 0 saturated heterocycles. The van der Waals surface area contributed by atoms with E-state index in [9.17, 15) is 14.8 Å². The van der Waals surface area contributed by atoms with Crippen LogP contribution >= 0.6 is 0 Å². The number of rotatable bonds is 5. The third-order valence-electron chi connectivity index (χ3n) is 3.92. The summed E-state index contributed by atoms with van der Waals surface area (Å²) in [6.45, 7) is 1.95. The first-order valence-electron chi connectivity index (χ1n) is 8.35. The third-order valence-corrected chi connectivity index (χ3v) is 3.92. The van der Waals surface area contributed by atoms with Crippen LogP contribution in [0, 0.1) is 12.1 Å². The molecule has 0 unspecified atom stereocenters. The fraction of sp³-hybridized carbons (Fsp3) is 0.0952. The SMILES string of the molecule is Cc1ccc(NC(=O)[C@@H](OC(=O)c2cc[n+]([O-])cc2)c2ccccc2)cc1. The molecule has 1 amide bonds. The number of carbonyl (C=O) groups is 2. The fourth-order valence-corrected chi connectivity index (χ4v) is 2.47. The quantitative estimate of drug-likeness (QED) is 0.429. The number of aryl methyl sites for hydroxylation is 1. The fourth-order valence-electron chi connectivity index (χ4n) is 2.47. The molecule has 0 fully saturated rings. The van der Waals surface area contributed by atoms with Crippen LogP contribution in [-0.4, -0.2) is 11.9 Å². The first-order chi connectivity index (χ1) is 13.0. The molecule has 0 saturated carbocycles. The average Bonchev–Trinajstić information content (AvgIpc) is 2.69.